The van der Waals surface area contributed by atoms with E-state index in [1.54, 1.807) is 0 Å². The number of hydrogen-bond donors (Lipinski definition) is 2. The van der Waals surface area contributed by atoms with Gasteiger partial charge in [0, 0.05) is 38.7 Å². The average molecular weight is 729 g/mol. The van der Waals surface area contributed by atoms with Crippen molar-refractivity contribution in [3.8, 4) is 11.5 Å². The fourth-order valence-corrected chi connectivity index (χ4v) is 9.25. The van der Waals surface area contributed by atoms with Gasteiger partial charge in [-0.25, -0.2) is 0 Å². The van der Waals surface area contributed by atoms with Gasteiger partial charge in [0.25, 0.3) is 0 Å². The summed E-state index contributed by atoms with van der Waals surface area (Å²) in [7, 11) is 0. The van der Waals surface area contributed by atoms with Gasteiger partial charge in [0.1, 0.15) is 11.5 Å². The van der Waals surface area contributed by atoms with Crippen LogP contribution in [0.3, 0.4) is 0 Å². The second kappa shape index (κ2) is 14.5. The molecule has 0 spiro atoms. The molecule has 0 aliphatic rings. The zero-order valence-electron chi connectivity index (χ0n) is 34.8. The summed E-state index contributed by atoms with van der Waals surface area (Å²) >= 11 is 0. The SMILES string of the molecule is CC(C)(c1ccccc1)c1ccc(O)c(C(C)(C)c2ccccc2)c1C(c1c(C(C)(C)c2ccccc2)ccc(O)c1C(C)(C)c1ccccc1)C(C)(C)C. The van der Waals surface area contributed by atoms with Gasteiger partial charge in [-0.1, -0.05) is 210 Å². The van der Waals surface area contributed by atoms with Crippen LogP contribution in [0.1, 0.15) is 138 Å². The molecule has 55 heavy (non-hydrogen) atoms. The highest BCUT2D eigenvalue weighted by Crippen LogP contribution is 2.57. The topological polar surface area (TPSA) is 40.5 Å². The second-order valence-corrected chi connectivity index (χ2v) is 18.6. The molecule has 6 aromatic carbocycles. The normalized spacial score (nSPS) is 12.9. The first-order valence-electron chi connectivity index (χ1n) is 19.8. The van der Waals surface area contributed by atoms with Crippen LogP contribution >= 0.6 is 0 Å². The molecule has 0 aromatic heterocycles. The lowest BCUT2D eigenvalue weighted by Crippen LogP contribution is -2.35. The Labute approximate surface area is 331 Å². The van der Waals surface area contributed by atoms with Gasteiger partial charge < -0.3 is 10.2 Å². The van der Waals surface area contributed by atoms with Crippen LogP contribution in [0.15, 0.2) is 146 Å². The molecule has 6 aromatic rings. The fourth-order valence-electron chi connectivity index (χ4n) is 9.25. The van der Waals surface area contributed by atoms with Crippen LogP contribution in [0.2, 0.25) is 0 Å². The van der Waals surface area contributed by atoms with E-state index in [-0.39, 0.29) is 17.4 Å². The molecule has 0 unspecified atom stereocenters. The van der Waals surface area contributed by atoms with Crippen molar-refractivity contribution in [1.82, 2.24) is 0 Å². The molecular weight excluding hydrogens is 669 g/mol. The van der Waals surface area contributed by atoms with E-state index in [0.717, 1.165) is 44.5 Å². The van der Waals surface area contributed by atoms with Crippen LogP contribution in [0.5, 0.6) is 11.5 Å². The second-order valence-electron chi connectivity index (χ2n) is 18.6. The van der Waals surface area contributed by atoms with Crippen LogP contribution in [0.4, 0.5) is 0 Å². The summed E-state index contributed by atoms with van der Waals surface area (Å²) < 4.78 is 0. The predicted molar refractivity (Wildman–Crippen MR) is 232 cm³/mol. The molecule has 2 nitrogen and oxygen atoms in total. The zero-order chi connectivity index (χ0) is 40.0. The Bertz CT molecular complexity index is 2080. The maximum absolute atomic E-state index is 12.4. The molecule has 0 atom stereocenters. The summed E-state index contributed by atoms with van der Waals surface area (Å²) in [5.74, 6) is 0.274. The first kappa shape index (κ1) is 39.6. The summed E-state index contributed by atoms with van der Waals surface area (Å²) in [4.78, 5) is 0. The maximum Gasteiger partial charge on any atom is 0.119 e. The molecule has 0 bridgehead atoms. The van der Waals surface area contributed by atoms with Crippen molar-refractivity contribution in [2.75, 3.05) is 0 Å². The van der Waals surface area contributed by atoms with Gasteiger partial charge in [-0.05, 0) is 62.1 Å². The van der Waals surface area contributed by atoms with Gasteiger partial charge in [-0.15, -0.1) is 0 Å². The summed E-state index contributed by atoms with van der Waals surface area (Å²) in [6.07, 6.45) is 0. The van der Waals surface area contributed by atoms with Gasteiger partial charge in [0.2, 0.25) is 0 Å². The van der Waals surface area contributed by atoms with Crippen LogP contribution in [-0.2, 0) is 21.7 Å². The summed E-state index contributed by atoms with van der Waals surface area (Å²) in [5.41, 5.74) is 8.53. The highest BCUT2D eigenvalue weighted by molar-refractivity contribution is 5.65. The number of aromatic hydroxyl groups is 2. The molecule has 0 saturated carbocycles. The van der Waals surface area contributed by atoms with E-state index in [2.05, 4.69) is 210 Å². The molecule has 284 valence electrons. The van der Waals surface area contributed by atoms with Crippen molar-refractivity contribution < 1.29 is 10.2 Å². The molecule has 0 radical (unpaired) electrons. The van der Waals surface area contributed by atoms with E-state index in [9.17, 15) is 10.2 Å². The summed E-state index contributed by atoms with van der Waals surface area (Å²) in [6, 6.07) is 50.7. The molecule has 2 N–H and O–H groups in total. The first-order chi connectivity index (χ1) is 25.8. The van der Waals surface area contributed by atoms with E-state index < -0.39 is 27.1 Å². The minimum atomic E-state index is -0.589. The average Bonchev–Trinajstić information content (AvgIpc) is 3.15. The zero-order valence-corrected chi connectivity index (χ0v) is 34.8. The van der Waals surface area contributed by atoms with Gasteiger partial charge >= 0.3 is 0 Å². The first-order valence-corrected chi connectivity index (χ1v) is 19.8. The van der Waals surface area contributed by atoms with E-state index in [1.807, 2.05) is 12.1 Å². The number of benzene rings is 6. The van der Waals surface area contributed by atoms with Gasteiger partial charge in [-0.3, -0.25) is 0 Å². The monoisotopic (exact) mass is 728 g/mol. The highest BCUT2D eigenvalue weighted by Gasteiger charge is 2.46. The van der Waals surface area contributed by atoms with Gasteiger partial charge in [0.05, 0.1) is 0 Å². The minimum Gasteiger partial charge on any atom is -0.508 e. The van der Waals surface area contributed by atoms with E-state index >= 15 is 0 Å². The molecule has 0 fully saturated rings. The molecule has 0 amide bonds. The molecule has 0 heterocycles. The Hall–Kier alpha value is -5.08. The number of phenolic OH excluding ortho intramolecular Hbond substituents is 2. The van der Waals surface area contributed by atoms with Crippen molar-refractivity contribution in [3.63, 3.8) is 0 Å². The Morgan fingerprint density at radius 2 is 0.582 bits per heavy atom. The van der Waals surface area contributed by atoms with Crippen molar-refractivity contribution in [3.05, 3.63) is 201 Å². The molecule has 0 aliphatic carbocycles. The number of hydrogen-bond acceptors (Lipinski definition) is 2. The summed E-state index contributed by atoms with van der Waals surface area (Å²) in [6.45, 7) is 25.2. The number of phenols is 2. The van der Waals surface area contributed by atoms with Crippen molar-refractivity contribution in [1.29, 1.82) is 0 Å². The standard InChI is InChI=1S/C53H60O2/c1-49(2,3)48(44-40(50(4,5)36-24-16-12-17-25-36)32-34-42(54)46(44)52(8,9)38-28-20-14-21-29-38)45-41(51(6,7)37-26-18-13-19-27-37)33-35-43(55)47(45)53(10,11)39-30-22-15-23-31-39/h12-35,48,54-55H,1-11H3. The maximum atomic E-state index is 12.4. The van der Waals surface area contributed by atoms with E-state index in [4.69, 9.17) is 0 Å². The molecule has 0 aliphatic heterocycles. The van der Waals surface area contributed by atoms with Gasteiger partial charge in [-0.2, -0.15) is 0 Å². The Morgan fingerprint density at radius 3 is 0.836 bits per heavy atom. The van der Waals surface area contributed by atoms with Crippen LogP contribution in [-0.4, -0.2) is 10.2 Å². The third-order valence-electron chi connectivity index (χ3n) is 12.5. The lowest BCUT2D eigenvalue weighted by atomic mass is 9.58. The number of rotatable bonds is 10. The third kappa shape index (κ3) is 7.13. The van der Waals surface area contributed by atoms with E-state index in [0.29, 0.717) is 0 Å². The lowest BCUT2D eigenvalue weighted by Gasteiger charge is -2.45. The minimum absolute atomic E-state index is 0.276. The Balaban J connectivity index is 1.87. The van der Waals surface area contributed by atoms with Crippen LogP contribution < -0.4 is 0 Å². The molecular formula is C53H60O2. The van der Waals surface area contributed by atoms with Crippen LogP contribution in [0.25, 0.3) is 0 Å². The summed E-state index contributed by atoms with van der Waals surface area (Å²) in [5, 5.41) is 24.9. The molecule has 0 saturated heterocycles. The highest BCUT2D eigenvalue weighted by atomic mass is 16.3. The van der Waals surface area contributed by atoms with Crippen molar-refractivity contribution >= 4 is 0 Å². The third-order valence-corrected chi connectivity index (χ3v) is 12.5. The Kier molecular flexibility index (Phi) is 10.5. The van der Waals surface area contributed by atoms with E-state index in [1.165, 1.54) is 11.1 Å². The Morgan fingerprint density at radius 1 is 0.327 bits per heavy atom. The van der Waals surface area contributed by atoms with Crippen molar-refractivity contribution in [2.24, 2.45) is 5.41 Å². The predicted octanol–water partition coefficient (Wildman–Crippen LogP) is 13.6. The van der Waals surface area contributed by atoms with Gasteiger partial charge in [0.15, 0.2) is 0 Å². The lowest BCUT2D eigenvalue weighted by molar-refractivity contribution is 0.338. The van der Waals surface area contributed by atoms with Crippen LogP contribution in [0, 0.1) is 5.41 Å². The van der Waals surface area contributed by atoms with Crippen molar-refractivity contribution in [2.45, 2.75) is 104 Å². The molecule has 2 heteroatoms. The fraction of sp³-hybridized carbons (Fsp3) is 0.321. The smallest absolute Gasteiger partial charge is 0.119 e. The molecule has 6 rings (SSSR count). The largest absolute Gasteiger partial charge is 0.508 e. The quantitative estimate of drug-likeness (QED) is 0.147.